The van der Waals surface area contributed by atoms with Crippen LogP contribution in [0.1, 0.15) is 5.56 Å². The summed E-state index contributed by atoms with van der Waals surface area (Å²) in [5.74, 6) is 2.24. The Morgan fingerprint density at radius 3 is 3.05 bits per heavy atom. The first-order valence-electron chi connectivity index (χ1n) is 6.68. The molecule has 1 aromatic heterocycles. The first kappa shape index (κ1) is 13.2. The van der Waals surface area contributed by atoms with Crippen molar-refractivity contribution in [2.24, 2.45) is 5.92 Å². The molecule has 1 atom stereocenters. The van der Waals surface area contributed by atoms with Gasteiger partial charge in [0.15, 0.2) is 0 Å². The highest BCUT2D eigenvalue weighted by Crippen LogP contribution is 2.27. The minimum atomic E-state index is 0.469. The van der Waals surface area contributed by atoms with Gasteiger partial charge in [-0.2, -0.15) is 9.36 Å². The zero-order chi connectivity index (χ0) is 13.9. The van der Waals surface area contributed by atoms with Crippen LogP contribution in [0.5, 0.6) is 5.75 Å². The van der Waals surface area contributed by atoms with Crippen LogP contribution in [0, 0.1) is 5.92 Å². The molecule has 20 heavy (non-hydrogen) atoms. The second-order valence-electron chi connectivity index (χ2n) is 5.16. The van der Waals surface area contributed by atoms with E-state index < -0.39 is 0 Å². The Morgan fingerprint density at radius 1 is 1.40 bits per heavy atom. The Hall–Kier alpha value is -1.82. The molecule has 0 saturated carbocycles. The topological polar surface area (TPSA) is 50.3 Å². The fourth-order valence-corrected chi connectivity index (χ4v) is 2.87. The number of nitrogens with one attached hydrogen (secondary N) is 1. The Bertz CT molecular complexity index is 584. The summed E-state index contributed by atoms with van der Waals surface area (Å²) in [6.45, 7) is 1.61. The van der Waals surface area contributed by atoms with E-state index in [1.807, 2.05) is 31.1 Å². The van der Waals surface area contributed by atoms with E-state index in [2.05, 4.69) is 26.8 Å². The Morgan fingerprint density at radius 2 is 2.25 bits per heavy atom. The number of ether oxygens (including phenoxy) is 1. The van der Waals surface area contributed by atoms with Gasteiger partial charge in [0.25, 0.3) is 0 Å². The normalized spacial score (nSPS) is 17.2. The van der Waals surface area contributed by atoms with Gasteiger partial charge in [-0.05, 0) is 18.1 Å². The van der Waals surface area contributed by atoms with Gasteiger partial charge in [-0.15, -0.1) is 0 Å². The summed E-state index contributed by atoms with van der Waals surface area (Å²) >= 11 is 1.40. The third kappa shape index (κ3) is 2.85. The third-order valence-electron chi connectivity index (χ3n) is 3.31. The van der Waals surface area contributed by atoms with Crippen molar-refractivity contribution in [3.8, 4) is 5.75 Å². The second kappa shape index (κ2) is 5.66. The van der Waals surface area contributed by atoms with E-state index in [4.69, 9.17) is 4.74 Å². The van der Waals surface area contributed by atoms with Crippen LogP contribution in [0.25, 0.3) is 0 Å². The zero-order valence-corrected chi connectivity index (χ0v) is 12.5. The molecule has 0 amide bonds. The van der Waals surface area contributed by atoms with Crippen LogP contribution in [0.3, 0.4) is 0 Å². The predicted molar refractivity (Wildman–Crippen MR) is 81.9 cm³/mol. The number of fused-ring (bicyclic) bond motifs is 1. The van der Waals surface area contributed by atoms with Gasteiger partial charge in [0.05, 0.1) is 6.61 Å². The monoisotopic (exact) mass is 290 g/mol. The first-order chi connectivity index (χ1) is 9.72. The summed E-state index contributed by atoms with van der Waals surface area (Å²) in [5.41, 5.74) is 1.29. The fraction of sp³-hybridized carbons (Fsp3) is 0.429. The Balaban J connectivity index is 1.57. The molecule has 0 radical (unpaired) electrons. The van der Waals surface area contributed by atoms with Crippen molar-refractivity contribution in [3.05, 3.63) is 29.8 Å². The lowest BCUT2D eigenvalue weighted by atomic mass is 9.97. The zero-order valence-electron chi connectivity index (χ0n) is 11.7. The second-order valence-corrected chi connectivity index (χ2v) is 5.92. The van der Waals surface area contributed by atoms with Crippen LogP contribution in [0.4, 0.5) is 11.1 Å². The van der Waals surface area contributed by atoms with Crippen molar-refractivity contribution in [3.63, 3.8) is 0 Å². The van der Waals surface area contributed by atoms with Gasteiger partial charge >= 0.3 is 0 Å². The molecule has 2 heterocycles. The molecule has 0 saturated heterocycles. The van der Waals surface area contributed by atoms with Crippen molar-refractivity contribution in [1.29, 1.82) is 0 Å². The number of benzene rings is 1. The Kier molecular flexibility index (Phi) is 3.73. The standard InChI is InChI=1S/C14H18N4OS/c1-18(2)13-16-14(20-17-13)15-8-10-7-11-5-3-4-6-12(11)19-9-10/h3-6,10H,7-9H2,1-2H3,(H,15,16,17)/t10-/m0/s1. The van der Waals surface area contributed by atoms with E-state index in [1.165, 1.54) is 17.1 Å². The molecule has 6 heteroatoms. The van der Waals surface area contributed by atoms with Gasteiger partial charge in [-0.25, -0.2) is 0 Å². The van der Waals surface area contributed by atoms with E-state index in [1.54, 1.807) is 0 Å². The minimum Gasteiger partial charge on any atom is -0.493 e. The summed E-state index contributed by atoms with van der Waals surface area (Å²) in [6.07, 6.45) is 1.04. The van der Waals surface area contributed by atoms with E-state index in [-0.39, 0.29) is 0 Å². The highest BCUT2D eigenvalue weighted by molar-refractivity contribution is 7.09. The molecule has 0 fully saturated rings. The molecule has 3 rings (SSSR count). The molecule has 1 aliphatic heterocycles. The van der Waals surface area contributed by atoms with Crippen LogP contribution < -0.4 is 15.0 Å². The Labute approximate surface area is 122 Å². The maximum Gasteiger partial charge on any atom is 0.238 e. The molecule has 5 nitrogen and oxygen atoms in total. The van der Waals surface area contributed by atoms with Crippen LogP contribution in [-0.2, 0) is 6.42 Å². The maximum absolute atomic E-state index is 5.79. The molecule has 0 bridgehead atoms. The van der Waals surface area contributed by atoms with Gasteiger partial charge in [0.1, 0.15) is 5.75 Å². The predicted octanol–water partition coefficient (Wildman–Crippen LogP) is 2.27. The number of anilines is 2. The number of hydrogen-bond acceptors (Lipinski definition) is 6. The fourth-order valence-electron chi connectivity index (χ4n) is 2.22. The van der Waals surface area contributed by atoms with E-state index in [0.29, 0.717) is 5.92 Å². The smallest absolute Gasteiger partial charge is 0.238 e. The molecule has 1 aliphatic rings. The van der Waals surface area contributed by atoms with Crippen molar-refractivity contribution in [2.45, 2.75) is 6.42 Å². The van der Waals surface area contributed by atoms with Crippen LogP contribution >= 0.6 is 11.5 Å². The SMILES string of the molecule is CN(C)c1nsc(NC[C@H]2COc3ccccc3C2)n1. The van der Waals surface area contributed by atoms with Crippen LogP contribution in [0.2, 0.25) is 0 Å². The number of rotatable bonds is 4. The molecular weight excluding hydrogens is 272 g/mol. The molecule has 1 aromatic carbocycles. The third-order valence-corrected chi connectivity index (χ3v) is 3.98. The summed E-state index contributed by atoms with van der Waals surface area (Å²) in [5, 5.41) is 4.23. The maximum atomic E-state index is 5.79. The number of nitrogens with zero attached hydrogens (tertiary/aromatic N) is 3. The first-order valence-corrected chi connectivity index (χ1v) is 7.45. The highest BCUT2D eigenvalue weighted by atomic mass is 32.1. The van der Waals surface area contributed by atoms with Gasteiger partial charge in [0, 0.05) is 38.1 Å². The number of hydrogen-bond donors (Lipinski definition) is 1. The van der Waals surface area contributed by atoms with E-state index in [9.17, 15) is 0 Å². The van der Waals surface area contributed by atoms with E-state index in [0.717, 1.165) is 36.4 Å². The average Bonchev–Trinajstić information content (AvgIpc) is 2.94. The van der Waals surface area contributed by atoms with Crippen LogP contribution in [-0.4, -0.2) is 36.6 Å². The number of para-hydroxylation sites is 1. The molecule has 1 N–H and O–H groups in total. The molecule has 0 unspecified atom stereocenters. The molecule has 2 aromatic rings. The lowest BCUT2D eigenvalue weighted by Crippen LogP contribution is -2.27. The summed E-state index contributed by atoms with van der Waals surface area (Å²) in [4.78, 5) is 6.32. The number of aromatic nitrogens is 2. The molecule has 0 aliphatic carbocycles. The quantitative estimate of drug-likeness (QED) is 0.936. The lowest BCUT2D eigenvalue weighted by molar-refractivity contribution is 0.229. The van der Waals surface area contributed by atoms with Crippen molar-refractivity contribution in [2.75, 3.05) is 37.5 Å². The molecular formula is C14H18N4OS. The minimum absolute atomic E-state index is 0.469. The summed E-state index contributed by atoms with van der Waals surface area (Å²) in [7, 11) is 3.88. The molecule has 0 spiro atoms. The van der Waals surface area contributed by atoms with Crippen molar-refractivity contribution in [1.82, 2.24) is 9.36 Å². The van der Waals surface area contributed by atoms with Gasteiger partial charge in [-0.1, -0.05) is 18.2 Å². The largest absolute Gasteiger partial charge is 0.493 e. The van der Waals surface area contributed by atoms with Crippen LogP contribution in [0.15, 0.2) is 24.3 Å². The average molecular weight is 290 g/mol. The van der Waals surface area contributed by atoms with Gasteiger partial charge in [0.2, 0.25) is 11.1 Å². The van der Waals surface area contributed by atoms with Crippen molar-refractivity contribution < 1.29 is 4.74 Å². The van der Waals surface area contributed by atoms with E-state index >= 15 is 0 Å². The van der Waals surface area contributed by atoms with Gasteiger partial charge in [-0.3, -0.25) is 0 Å². The van der Waals surface area contributed by atoms with Gasteiger partial charge < -0.3 is 15.0 Å². The summed E-state index contributed by atoms with van der Waals surface area (Å²) < 4.78 is 10.1. The molecule has 106 valence electrons. The lowest BCUT2D eigenvalue weighted by Gasteiger charge is -2.25. The highest BCUT2D eigenvalue weighted by Gasteiger charge is 2.19. The summed E-state index contributed by atoms with van der Waals surface area (Å²) in [6, 6.07) is 8.25. The van der Waals surface area contributed by atoms with Crippen molar-refractivity contribution >= 4 is 22.6 Å².